The van der Waals surface area contributed by atoms with Crippen molar-refractivity contribution in [3.8, 4) is 5.75 Å². The van der Waals surface area contributed by atoms with E-state index >= 15 is 0 Å². The summed E-state index contributed by atoms with van der Waals surface area (Å²) in [5.74, 6) is 0.332. The second-order valence-electron chi connectivity index (χ2n) is 3.99. The molecule has 1 aromatic carbocycles. The van der Waals surface area contributed by atoms with Crippen molar-refractivity contribution in [3.05, 3.63) is 26.6 Å². The van der Waals surface area contributed by atoms with Crippen molar-refractivity contribution in [2.45, 2.75) is 31.8 Å². The van der Waals surface area contributed by atoms with E-state index < -0.39 is 0 Å². The zero-order valence-corrected chi connectivity index (χ0v) is 11.6. The Bertz CT molecular complexity index is 377. The van der Waals surface area contributed by atoms with Crippen LogP contribution in [0.2, 0.25) is 0 Å². The highest BCUT2D eigenvalue weighted by Gasteiger charge is 2.24. The monoisotopic (exact) mass is 333 g/mol. The Morgan fingerprint density at radius 3 is 2.67 bits per heavy atom. The fourth-order valence-corrected chi connectivity index (χ4v) is 2.87. The van der Waals surface area contributed by atoms with Crippen LogP contribution in [0.15, 0.2) is 21.1 Å². The minimum Gasteiger partial charge on any atom is -0.506 e. The van der Waals surface area contributed by atoms with E-state index in [0.717, 1.165) is 14.5 Å². The number of halogens is 2. The van der Waals surface area contributed by atoms with Gasteiger partial charge < -0.3 is 10.4 Å². The molecule has 0 bridgehead atoms. The number of phenols is 1. The van der Waals surface area contributed by atoms with Gasteiger partial charge >= 0.3 is 0 Å². The van der Waals surface area contributed by atoms with Crippen molar-refractivity contribution < 1.29 is 5.11 Å². The van der Waals surface area contributed by atoms with E-state index in [4.69, 9.17) is 0 Å². The second kappa shape index (κ2) is 4.44. The van der Waals surface area contributed by atoms with Crippen LogP contribution in [0.4, 0.5) is 0 Å². The number of aromatic hydroxyl groups is 1. The third-order valence-electron chi connectivity index (χ3n) is 2.59. The van der Waals surface area contributed by atoms with Crippen LogP contribution in [0.5, 0.6) is 5.75 Å². The van der Waals surface area contributed by atoms with Crippen LogP contribution in [0.25, 0.3) is 0 Å². The molecule has 1 saturated carbocycles. The molecule has 0 aromatic heterocycles. The molecule has 1 aromatic rings. The van der Waals surface area contributed by atoms with Gasteiger partial charge in [0.05, 0.1) is 4.47 Å². The molecule has 0 amide bonds. The first kappa shape index (κ1) is 11.4. The minimum absolute atomic E-state index is 0.186. The fraction of sp³-hybridized carbons (Fsp3) is 0.455. The number of benzene rings is 1. The average Bonchev–Trinajstić information content (AvgIpc) is 2.94. The molecular formula is C11H13Br2NO. The zero-order valence-electron chi connectivity index (χ0n) is 8.43. The average molecular weight is 335 g/mol. The Morgan fingerprint density at radius 1 is 1.40 bits per heavy atom. The number of rotatable bonds is 3. The molecule has 1 aliphatic carbocycles. The van der Waals surface area contributed by atoms with Crippen molar-refractivity contribution in [2.75, 3.05) is 0 Å². The number of hydrogen-bond donors (Lipinski definition) is 2. The van der Waals surface area contributed by atoms with Gasteiger partial charge in [0.1, 0.15) is 5.75 Å². The van der Waals surface area contributed by atoms with Gasteiger partial charge in [-0.1, -0.05) is 15.9 Å². The maximum Gasteiger partial charge on any atom is 0.134 e. The van der Waals surface area contributed by atoms with Gasteiger partial charge in [-0.2, -0.15) is 0 Å². The molecule has 0 aliphatic heterocycles. The standard InChI is InChI=1S/C11H13Br2NO/c1-6(14-8-2-3-8)9-4-7(12)5-10(13)11(9)15/h4-6,8,14-15H,2-3H2,1H3. The number of nitrogens with one attached hydrogen (secondary N) is 1. The fourth-order valence-electron chi connectivity index (χ4n) is 1.61. The van der Waals surface area contributed by atoms with Crippen molar-refractivity contribution in [2.24, 2.45) is 0 Å². The molecule has 15 heavy (non-hydrogen) atoms. The van der Waals surface area contributed by atoms with Gasteiger partial charge in [0, 0.05) is 22.1 Å². The molecule has 4 heteroatoms. The normalized spacial score (nSPS) is 17.8. The summed E-state index contributed by atoms with van der Waals surface area (Å²) in [6, 6.07) is 4.63. The van der Waals surface area contributed by atoms with E-state index in [2.05, 4.69) is 44.1 Å². The number of hydrogen-bond acceptors (Lipinski definition) is 2. The summed E-state index contributed by atoms with van der Waals surface area (Å²) in [5.41, 5.74) is 0.933. The number of phenolic OH excluding ortho intramolecular Hbond substituents is 1. The van der Waals surface area contributed by atoms with Crippen molar-refractivity contribution in [1.29, 1.82) is 0 Å². The molecule has 0 spiro atoms. The predicted octanol–water partition coefficient (Wildman–Crippen LogP) is 3.73. The molecule has 2 N–H and O–H groups in total. The highest BCUT2D eigenvalue weighted by atomic mass is 79.9. The molecule has 0 saturated heterocycles. The lowest BCUT2D eigenvalue weighted by atomic mass is 10.1. The topological polar surface area (TPSA) is 32.3 Å². The van der Waals surface area contributed by atoms with E-state index in [1.54, 1.807) is 0 Å². The molecule has 1 fully saturated rings. The molecule has 2 rings (SSSR count). The van der Waals surface area contributed by atoms with Gasteiger partial charge in [-0.15, -0.1) is 0 Å². The second-order valence-corrected chi connectivity index (χ2v) is 5.76. The molecule has 0 heterocycles. The van der Waals surface area contributed by atoms with E-state index in [1.165, 1.54) is 12.8 Å². The summed E-state index contributed by atoms with van der Waals surface area (Å²) in [7, 11) is 0. The molecule has 2 nitrogen and oxygen atoms in total. The third-order valence-corrected chi connectivity index (χ3v) is 3.65. The lowest BCUT2D eigenvalue weighted by Crippen LogP contribution is -2.20. The van der Waals surface area contributed by atoms with Crippen LogP contribution in [-0.2, 0) is 0 Å². The first-order valence-corrected chi connectivity index (χ1v) is 6.60. The Morgan fingerprint density at radius 2 is 2.07 bits per heavy atom. The maximum atomic E-state index is 9.92. The van der Waals surface area contributed by atoms with Gasteiger partial charge in [-0.25, -0.2) is 0 Å². The molecule has 82 valence electrons. The Kier molecular flexibility index (Phi) is 3.38. The largest absolute Gasteiger partial charge is 0.506 e. The summed E-state index contributed by atoms with van der Waals surface area (Å²) in [6.45, 7) is 2.08. The van der Waals surface area contributed by atoms with Gasteiger partial charge in [-0.3, -0.25) is 0 Å². The highest BCUT2D eigenvalue weighted by Crippen LogP contribution is 2.36. The van der Waals surface area contributed by atoms with Crippen molar-refractivity contribution in [3.63, 3.8) is 0 Å². The van der Waals surface area contributed by atoms with Crippen LogP contribution < -0.4 is 5.32 Å². The summed E-state index contributed by atoms with van der Waals surface area (Å²) < 4.78 is 1.71. The molecule has 1 unspecified atom stereocenters. The van der Waals surface area contributed by atoms with E-state index in [9.17, 15) is 5.11 Å². The zero-order chi connectivity index (χ0) is 11.0. The quantitative estimate of drug-likeness (QED) is 0.882. The van der Waals surface area contributed by atoms with Crippen LogP contribution in [0.1, 0.15) is 31.4 Å². The Labute approximate surface area is 106 Å². The molecular weight excluding hydrogens is 322 g/mol. The predicted molar refractivity (Wildman–Crippen MR) is 68.1 cm³/mol. The van der Waals surface area contributed by atoms with Gasteiger partial charge in [0.2, 0.25) is 0 Å². The molecule has 0 radical (unpaired) electrons. The van der Waals surface area contributed by atoms with Crippen LogP contribution >= 0.6 is 31.9 Å². The molecule has 1 atom stereocenters. The SMILES string of the molecule is CC(NC1CC1)c1cc(Br)cc(Br)c1O. The minimum atomic E-state index is 0.186. The highest BCUT2D eigenvalue weighted by molar-refractivity contribution is 9.11. The van der Waals surface area contributed by atoms with Gasteiger partial charge in [0.25, 0.3) is 0 Å². The van der Waals surface area contributed by atoms with Crippen LogP contribution in [0.3, 0.4) is 0 Å². The lowest BCUT2D eigenvalue weighted by molar-refractivity contribution is 0.448. The van der Waals surface area contributed by atoms with Gasteiger partial charge in [0.15, 0.2) is 0 Å². The maximum absolute atomic E-state index is 9.92. The van der Waals surface area contributed by atoms with Crippen molar-refractivity contribution >= 4 is 31.9 Å². The third kappa shape index (κ3) is 2.74. The smallest absolute Gasteiger partial charge is 0.134 e. The van der Waals surface area contributed by atoms with E-state index in [0.29, 0.717) is 11.8 Å². The first-order chi connectivity index (χ1) is 7.08. The van der Waals surface area contributed by atoms with Crippen LogP contribution in [0, 0.1) is 0 Å². The Balaban J connectivity index is 2.24. The van der Waals surface area contributed by atoms with Crippen LogP contribution in [-0.4, -0.2) is 11.1 Å². The van der Waals surface area contributed by atoms with E-state index in [-0.39, 0.29) is 6.04 Å². The summed E-state index contributed by atoms with van der Waals surface area (Å²) in [6.07, 6.45) is 2.50. The van der Waals surface area contributed by atoms with E-state index in [1.807, 2.05) is 12.1 Å². The van der Waals surface area contributed by atoms with Crippen molar-refractivity contribution in [1.82, 2.24) is 5.32 Å². The summed E-state index contributed by atoms with van der Waals surface area (Å²) in [4.78, 5) is 0. The lowest BCUT2D eigenvalue weighted by Gasteiger charge is -2.16. The summed E-state index contributed by atoms with van der Waals surface area (Å²) in [5, 5.41) is 13.4. The molecule has 1 aliphatic rings. The first-order valence-electron chi connectivity index (χ1n) is 5.02. The summed E-state index contributed by atoms with van der Waals surface area (Å²) >= 11 is 6.77. The Hall–Kier alpha value is -0.0600. The van der Waals surface area contributed by atoms with Gasteiger partial charge in [-0.05, 0) is 47.8 Å².